The van der Waals surface area contributed by atoms with E-state index in [-0.39, 0.29) is 25.4 Å². The van der Waals surface area contributed by atoms with E-state index in [1.165, 1.54) is 4.90 Å². The van der Waals surface area contributed by atoms with E-state index in [4.69, 9.17) is 11.6 Å². The first-order valence-electron chi connectivity index (χ1n) is 7.36. The summed E-state index contributed by atoms with van der Waals surface area (Å²) < 4.78 is 36.3. The predicted octanol–water partition coefficient (Wildman–Crippen LogP) is 2.30. The quantitative estimate of drug-likeness (QED) is 0.896. The van der Waals surface area contributed by atoms with Gasteiger partial charge in [-0.2, -0.15) is 13.2 Å². The van der Waals surface area contributed by atoms with Crippen LogP contribution in [0.4, 0.5) is 18.0 Å². The second-order valence-corrected chi connectivity index (χ2v) is 5.88. The van der Waals surface area contributed by atoms with Crippen molar-refractivity contribution in [3.8, 4) is 0 Å². The fraction of sp³-hybridized carbons (Fsp3) is 0.467. The lowest BCUT2D eigenvalue weighted by Crippen LogP contribution is -2.54. The molecule has 3 amide bonds. The molecule has 1 saturated heterocycles. The van der Waals surface area contributed by atoms with E-state index < -0.39 is 18.8 Å². The fourth-order valence-electron chi connectivity index (χ4n) is 2.38. The number of urea groups is 1. The highest BCUT2D eigenvalue weighted by Gasteiger charge is 2.30. The molecule has 0 radical (unpaired) electrons. The molecule has 1 heterocycles. The van der Waals surface area contributed by atoms with Crippen LogP contribution < -0.4 is 5.32 Å². The molecule has 0 spiro atoms. The van der Waals surface area contributed by atoms with Gasteiger partial charge in [0.25, 0.3) is 0 Å². The van der Waals surface area contributed by atoms with Gasteiger partial charge >= 0.3 is 12.2 Å². The number of carbonyl (C=O) groups is 2. The molecule has 0 unspecified atom stereocenters. The number of alkyl halides is 3. The van der Waals surface area contributed by atoms with Crippen LogP contribution in [0, 0.1) is 0 Å². The maximum atomic E-state index is 12.2. The Balaban J connectivity index is 1.79. The molecule has 0 saturated carbocycles. The van der Waals surface area contributed by atoms with Gasteiger partial charge in [0.1, 0.15) is 6.54 Å². The molecule has 1 aliphatic rings. The first kappa shape index (κ1) is 18.4. The van der Waals surface area contributed by atoms with E-state index in [0.29, 0.717) is 18.1 Å². The van der Waals surface area contributed by atoms with Crippen molar-refractivity contribution < 1.29 is 22.8 Å². The number of halogens is 4. The maximum Gasteiger partial charge on any atom is 0.405 e. The van der Waals surface area contributed by atoms with Crippen molar-refractivity contribution in [3.63, 3.8) is 0 Å². The number of nitrogens with one attached hydrogen (secondary N) is 1. The van der Waals surface area contributed by atoms with E-state index in [1.54, 1.807) is 29.2 Å². The number of hydrogen-bond acceptors (Lipinski definition) is 2. The highest BCUT2D eigenvalue weighted by Crippen LogP contribution is 2.14. The van der Waals surface area contributed by atoms with E-state index in [1.807, 2.05) is 5.32 Å². The van der Waals surface area contributed by atoms with Gasteiger partial charge in [0.15, 0.2) is 0 Å². The van der Waals surface area contributed by atoms with Gasteiger partial charge in [-0.05, 0) is 17.7 Å². The molecule has 2 rings (SSSR count). The molecule has 1 aromatic carbocycles. The summed E-state index contributed by atoms with van der Waals surface area (Å²) in [6, 6.07) is 6.21. The van der Waals surface area contributed by atoms with Crippen molar-refractivity contribution in [1.29, 1.82) is 0 Å². The molecule has 0 atom stereocenters. The molecule has 1 aliphatic heterocycles. The van der Waals surface area contributed by atoms with Crippen molar-refractivity contribution >= 4 is 23.5 Å². The number of nitrogens with zero attached hydrogens (tertiary/aromatic N) is 2. The van der Waals surface area contributed by atoms with Crippen LogP contribution in [0.5, 0.6) is 0 Å². The Hall–Kier alpha value is -1.96. The number of piperazine rings is 1. The van der Waals surface area contributed by atoms with Gasteiger partial charge in [-0.15, -0.1) is 0 Å². The van der Waals surface area contributed by atoms with Crippen LogP contribution in [0.15, 0.2) is 24.3 Å². The molecule has 24 heavy (non-hydrogen) atoms. The summed E-state index contributed by atoms with van der Waals surface area (Å²) in [7, 11) is 0. The summed E-state index contributed by atoms with van der Waals surface area (Å²) in [6.45, 7) is -0.382. The Morgan fingerprint density at radius 1 is 1.12 bits per heavy atom. The van der Waals surface area contributed by atoms with Crippen molar-refractivity contribution in [2.45, 2.75) is 12.6 Å². The Bertz CT molecular complexity index is 602. The lowest BCUT2D eigenvalue weighted by atomic mass is 10.1. The van der Waals surface area contributed by atoms with Gasteiger partial charge in [0.05, 0.1) is 6.42 Å². The smallest absolute Gasteiger partial charge is 0.339 e. The minimum Gasteiger partial charge on any atom is -0.339 e. The average Bonchev–Trinajstić information content (AvgIpc) is 2.52. The number of amides is 3. The highest BCUT2D eigenvalue weighted by molar-refractivity contribution is 6.30. The third kappa shape index (κ3) is 5.59. The Morgan fingerprint density at radius 2 is 1.75 bits per heavy atom. The summed E-state index contributed by atoms with van der Waals surface area (Å²) in [5.74, 6) is -0.104. The zero-order chi connectivity index (χ0) is 17.7. The van der Waals surface area contributed by atoms with E-state index in [0.717, 1.165) is 5.56 Å². The standard InChI is InChI=1S/C15H17ClF3N3O2/c16-12-3-1-2-11(8-12)9-13(23)21-4-6-22(7-5-21)14(24)20-10-15(17,18)19/h1-3,8H,4-7,9-10H2,(H,20,24). The van der Waals surface area contributed by atoms with Crippen LogP contribution in [0.1, 0.15) is 5.56 Å². The topological polar surface area (TPSA) is 52.7 Å². The summed E-state index contributed by atoms with van der Waals surface area (Å²) in [5, 5.41) is 2.37. The highest BCUT2D eigenvalue weighted by atomic mass is 35.5. The lowest BCUT2D eigenvalue weighted by Gasteiger charge is -2.34. The summed E-state index contributed by atoms with van der Waals surface area (Å²) in [4.78, 5) is 26.7. The normalized spacial score (nSPS) is 15.3. The molecule has 5 nitrogen and oxygen atoms in total. The molecule has 1 N–H and O–H groups in total. The number of benzene rings is 1. The maximum absolute atomic E-state index is 12.2. The zero-order valence-electron chi connectivity index (χ0n) is 12.8. The monoisotopic (exact) mass is 363 g/mol. The van der Waals surface area contributed by atoms with E-state index in [2.05, 4.69) is 0 Å². The number of rotatable bonds is 3. The minimum atomic E-state index is -4.44. The van der Waals surface area contributed by atoms with Crippen LogP contribution >= 0.6 is 11.6 Å². The van der Waals surface area contributed by atoms with Crippen LogP contribution in [0.3, 0.4) is 0 Å². The van der Waals surface area contributed by atoms with Crippen LogP contribution in [-0.2, 0) is 11.2 Å². The van der Waals surface area contributed by atoms with Gasteiger partial charge in [-0.25, -0.2) is 4.79 Å². The largest absolute Gasteiger partial charge is 0.405 e. The second-order valence-electron chi connectivity index (χ2n) is 5.45. The third-order valence-electron chi connectivity index (χ3n) is 3.60. The van der Waals surface area contributed by atoms with Gasteiger partial charge in [0.2, 0.25) is 5.91 Å². The van der Waals surface area contributed by atoms with Crippen molar-refractivity contribution in [1.82, 2.24) is 15.1 Å². The van der Waals surface area contributed by atoms with E-state index in [9.17, 15) is 22.8 Å². The molecular weight excluding hydrogens is 347 g/mol. The average molecular weight is 364 g/mol. The lowest BCUT2D eigenvalue weighted by molar-refractivity contribution is -0.131. The van der Waals surface area contributed by atoms with Crippen LogP contribution in [0.2, 0.25) is 5.02 Å². The Labute approximate surface area is 142 Å². The van der Waals surface area contributed by atoms with Crippen molar-refractivity contribution in [3.05, 3.63) is 34.9 Å². The van der Waals surface area contributed by atoms with E-state index >= 15 is 0 Å². The molecule has 0 bridgehead atoms. The fourth-order valence-corrected chi connectivity index (χ4v) is 2.59. The minimum absolute atomic E-state index is 0.104. The number of hydrogen-bond donors (Lipinski definition) is 1. The van der Waals surface area contributed by atoms with Gasteiger partial charge in [0, 0.05) is 31.2 Å². The van der Waals surface area contributed by atoms with Gasteiger partial charge in [-0.3, -0.25) is 4.79 Å². The molecule has 1 fully saturated rings. The SMILES string of the molecule is O=C(Cc1cccc(Cl)c1)N1CCN(C(=O)NCC(F)(F)F)CC1. The van der Waals surface area contributed by atoms with Crippen LogP contribution in [0.25, 0.3) is 0 Å². The predicted molar refractivity (Wildman–Crippen MR) is 82.8 cm³/mol. The van der Waals surface area contributed by atoms with Gasteiger partial charge in [-0.1, -0.05) is 23.7 Å². The molecule has 0 aliphatic carbocycles. The Morgan fingerprint density at radius 3 is 2.33 bits per heavy atom. The van der Waals surface area contributed by atoms with Gasteiger partial charge < -0.3 is 15.1 Å². The molecule has 132 valence electrons. The molecule has 1 aromatic rings. The molecule has 9 heteroatoms. The Kier molecular flexibility index (Phi) is 5.93. The van der Waals surface area contributed by atoms with Crippen molar-refractivity contribution in [2.24, 2.45) is 0 Å². The first-order chi connectivity index (χ1) is 11.2. The van der Waals surface area contributed by atoms with Crippen molar-refractivity contribution in [2.75, 3.05) is 32.7 Å². The number of carbonyl (C=O) groups excluding carboxylic acids is 2. The zero-order valence-corrected chi connectivity index (χ0v) is 13.5. The summed E-state index contributed by atoms with van der Waals surface area (Å²) in [5.41, 5.74) is 0.790. The molecular formula is C15H17ClF3N3O2. The second kappa shape index (κ2) is 7.74. The van der Waals surface area contributed by atoms with Crippen LogP contribution in [-0.4, -0.2) is 60.6 Å². The summed E-state index contributed by atoms with van der Waals surface area (Å²) in [6.07, 6.45) is -4.24. The molecule has 0 aromatic heterocycles. The summed E-state index contributed by atoms with van der Waals surface area (Å²) >= 11 is 5.87. The first-order valence-corrected chi connectivity index (χ1v) is 7.74. The third-order valence-corrected chi connectivity index (χ3v) is 3.84.